The van der Waals surface area contributed by atoms with Crippen molar-refractivity contribution in [2.75, 3.05) is 5.32 Å². The van der Waals surface area contributed by atoms with Crippen molar-refractivity contribution in [3.8, 4) is 0 Å². The van der Waals surface area contributed by atoms with E-state index in [1.54, 1.807) is 0 Å². The van der Waals surface area contributed by atoms with Crippen LogP contribution in [0, 0.1) is 0 Å². The van der Waals surface area contributed by atoms with Crippen LogP contribution in [-0.2, 0) is 22.4 Å². The minimum Gasteiger partial charge on any atom is -0.480 e. The van der Waals surface area contributed by atoms with Gasteiger partial charge in [-0.2, -0.15) is 5.10 Å². The second-order valence-corrected chi connectivity index (χ2v) is 8.29. The van der Waals surface area contributed by atoms with E-state index in [1.165, 1.54) is 35.2 Å². The molecule has 0 aromatic carbocycles. The molecule has 0 aliphatic heterocycles. The van der Waals surface area contributed by atoms with Crippen LogP contribution in [0.3, 0.4) is 0 Å². The quantitative estimate of drug-likeness (QED) is 0.663. The van der Waals surface area contributed by atoms with Gasteiger partial charge >= 0.3 is 11.9 Å². The summed E-state index contributed by atoms with van der Waals surface area (Å²) in [5.41, 5.74) is 1.50. The van der Waals surface area contributed by atoms with Gasteiger partial charge in [-0.15, -0.1) is 11.3 Å². The molecule has 1 aliphatic rings. The van der Waals surface area contributed by atoms with Crippen LogP contribution in [0.4, 0.5) is 5.00 Å². The van der Waals surface area contributed by atoms with Gasteiger partial charge in [-0.05, 0) is 57.6 Å². The predicted molar refractivity (Wildman–Crippen MR) is 109 cm³/mol. The third kappa shape index (κ3) is 4.50. The number of carboxylic acid groups (broad SMARTS) is 1. The van der Waals surface area contributed by atoms with Gasteiger partial charge in [-0.3, -0.25) is 9.48 Å². The Morgan fingerprint density at radius 2 is 2.03 bits per heavy atom. The molecule has 1 amide bonds. The average Bonchev–Trinajstić information content (AvgIpc) is 3.31. The molecule has 2 aromatic rings. The van der Waals surface area contributed by atoms with E-state index >= 15 is 0 Å². The van der Waals surface area contributed by atoms with E-state index in [4.69, 9.17) is 9.84 Å². The third-order valence-corrected chi connectivity index (χ3v) is 6.29. The standard InChI is InChI=1S/C20H25N3O5S/c1-4-11(2)28-20(27)16-13-7-5-6-8-15(13)29-18(16)21-17(24)14-9-10-23(22-14)12(3)19(25)26/h9-12H,4-8H2,1-3H3,(H,21,24)(H,25,26). The van der Waals surface area contributed by atoms with Gasteiger partial charge in [0.15, 0.2) is 5.69 Å². The van der Waals surface area contributed by atoms with Crippen LogP contribution < -0.4 is 5.32 Å². The molecule has 2 unspecified atom stereocenters. The van der Waals surface area contributed by atoms with Gasteiger partial charge in [0.05, 0.1) is 11.7 Å². The molecule has 0 bridgehead atoms. The number of aliphatic carboxylic acids is 1. The lowest BCUT2D eigenvalue weighted by Crippen LogP contribution is -2.20. The molecule has 0 saturated heterocycles. The van der Waals surface area contributed by atoms with Crippen LogP contribution >= 0.6 is 11.3 Å². The number of carbonyl (C=O) groups excluding carboxylic acids is 2. The summed E-state index contributed by atoms with van der Waals surface area (Å²) in [5, 5.41) is 16.4. The summed E-state index contributed by atoms with van der Waals surface area (Å²) in [7, 11) is 0. The average molecular weight is 420 g/mol. The monoisotopic (exact) mass is 419 g/mol. The lowest BCUT2D eigenvalue weighted by atomic mass is 9.95. The van der Waals surface area contributed by atoms with E-state index in [9.17, 15) is 14.4 Å². The van der Waals surface area contributed by atoms with E-state index in [0.29, 0.717) is 17.0 Å². The van der Waals surface area contributed by atoms with Crippen molar-refractivity contribution in [3.05, 3.63) is 34.0 Å². The van der Waals surface area contributed by atoms with Crippen LogP contribution in [0.1, 0.15) is 77.4 Å². The van der Waals surface area contributed by atoms with E-state index < -0.39 is 23.9 Å². The SMILES string of the molecule is CCC(C)OC(=O)c1c(NC(=O)c2ccn(C(C)C(=O)O)n2)sc2c1CCCC2. The van der Waals surface area contributed by atoms with Crippen LogP contribution in [0.2, 0.25) is 0 Å². The molecular formula is C20H25N3O5S. The Morgan fingerprint density at radius 3 is 2.72 bits per heavy atom. The van der Waals surface area contributed by atoms with Crippen molar-refractivity contribution in [3.63, 3.8) is 0 Å². The molecule has 2 N–H and O–H groups in total. The minimum absolute atomic E-state index is 0.0886. The summed E-state index contributed by atoms with van der Waals surface area (Å²) in [6.45, 7) is 5.26. The number of anilines is 1. The van der Waals surface area contributed by atoms with Gasteiger partial charge in [-0.25, -0.2) is 9.59 Å². The Kier molecular flexibility index (Phi) is 6.36. The summed E-state index contributed by atoms with van der Waals surface area (Å²) in [4.78, 5) is 37.7. The van der Waals surface area contributed by atoms with Crippen molar-refractivity contribution < 1.29 is 24.2 Å². The smallest absolute Gasteiger partial charge is 0.341 e. The van der Waals surface area contributed by atoms with Crippen molar-refractivity contribution in [1.82, 2.24) is 9.78 Å². The Balaban J connectivity index is 1.86. The molecule has 0 radical (unpaired) electrons. The summed E-state index contributed by atoms with van der Waals surface area (Å²) >= 11 is 1.40. The summed E-state index contributed by atoms with van der Waals surface area (Å²) in [6, 6.07) is 0.575. The molecule has 3 rings (SSSR count). The first-order valence-corrected chi connectivity index (χ1v) is 10.6. The van der Waals surface area contributed by atoms with Crippen LogP contribution in [0.15, 0.2) is 12.3 Å². The second kappa shape index (κ2) is 8.77. The van der Waals surface area contributed by atoms with Gasteiger partial charge in [0, 0.05) is 11.1 Å². The number of hydrogen-bond acceptors (Lipinski definition) is 6. The van der Waals surface area contributed by atoms with Gasteiger partial charge < -0.3 is 15.2 Å². The first-order valence-electron chi connectivity index (χ1n) is 9.76. The number of esters is 1. The minimum atomic E-state index is -1.04. The zero-order chi connectivity index (χ0) is 21.1. The fraction of sp³-hybridized carbons (Fsp3) is 0.500. The molecule has 0 fully saturated rings. The zero-order valence-electron chi connectivity index (χ0n) is 16.7. The van der Waals surface area contributed by atoms with Crippen molar-refractivity contribution in [1.29, 1.82) is 0 Å². The fourth-order valence-corrected chi connectivity index (χ4v) is 4.42. The van der Waals surface area contributed by atoms with Crippen molar-refractivity contribution in [2.24, 2.45) is 0 Å². The van der Waals surface area contributed by atoms with Crippen LogP contribution in [-0.4, -0.2) is 38.8 Å². The lowest BCUT2D eigenvalue weighted by molar-refractivity contribution is -0.140. The zero-order valence-corrected chi connectivity index (χ0v) is 17.5. The van der Waals surface area contributed by atoms with E-state index in [2.05, 4.69) is 10.4 Å². The number of rotatable bonds is 7. The largest absolute Gasteiger partial charge is 0.480 e. The van der Waals surface area contributed by atoms with Crippen molar-refractivity contribution >= 4 is 34.2 Å². The number of carboxylic acids is 1. The summed E-state index contributed by atoms with van der Waals surface area (Å²) in [5.74, 6) is -1.95. The Bertz CT molecular complexity index is 933. The number of nitrogens with zero attached hydrogens (tertiary/aromatic N) is 2. The summed E-state index contributed by atoms with van der Waals surface area (Å²) < 4.78 is 6.75. The molecule has 8 nitrogen and oxygen atoms in total. The number of aromatic nitrogens is 2. The topological polar surface area (TPSA) is 111 Å². The Labute approximate surface area is 172 Å². The van der Waals surface area contributed by atoms with Gasteiger partial charge in [-0.1, -0.05) is 6.92 Å². The van der Waals surface area contributed by atoms with E-state index in [1.807, 2.05) is 13.8 Å². The van der Waals surface area contributed by atoms with Gasteiger partial charge in [0.2, 0.25) is 0 Å². The van der Waals surface area contributed by atoms with Crippen LogP contribution in [0.5, 0.6) is 0 Å². The molecule has 2 aromatic heterocycles. The highest BCUT2D eigenvalue weighted by Gasteiger charge is 2.29. The highest BCUT2D eigenvalue weighted by molar-refractivity contribution is 7.17. The Morgan fingerprint density at radius 1 is 1.31 bits per heavy atom. The molecular weight excluding hydrogens is 394 g/mol. The highest BCUT2D eigenvalue weighted by Crippen LogP contribution is 2.39. The molecule has 2 atom stereocenters. The first kappa shape index (κ1) is 21.0. The van der Waals surface area contributed by atoms with E-state index in [0.717, 1.165) is 36.1 Å². The van der Waals surface area contributed by atoms with Gasteiger partial charge in [0.25, 0.3) is 5.91 Å². The molecule has 156 valence electrons. The summed E-state index contributed by atoms with van der Waals surface area (Å²) in [6.07, 6.45) is 5.67. The molecule has 1 aliphatic carbocycles. The number of amides is 1. The Hall–Kier alpha value is -2.68. The lowest BCUT2D eigenvalue weighted by Gasteiger charge is -2.15. The predicted octanol–water partition coefficient (Wildman–Crippen LogP) is 3.68. The van der Waals surface area contributed by atoms with Gasteiger partial charge in [0.1, 0.15) is 11.0 Å². The van der Waals surface area contributed by atoms with Crippen molar-refractivity contribution in [2.45, 2.75) is 65.0 Å². The number of ether oxygens (including phenoxy) is 1. The van der Waals surface area contributed by atoms with E-state index in [-0.39, 0.29) is 11.8 Å². The number of aryl methyl sites for hydroxylation is 1. The first-order chi connectivity index (χ1) is 13.8. The second-order valence-electron chi connectivity index (χ2n) is 7.19. The maximum absolute atomic E-state index is 12.8. The van der Waals surface area contributed by atoms with Crippen LogP contribution in [0.25, 0.3) is 0 Å². The number of thiophene rings is 1. The number of fused-ring (bicyclic) bond motifs is 1. The fourth-order valence-electron chi connectivity index (χ4n) is 3.15. The number of carbonyl (C=O) groups is 3. The molecule has 2 heterocycles. The highest BCUT2D eigenvalue weighted by atomic mass is 32.1. The molecule has 29 heavy (non-hydrogen) atoms. The molecule has 0 spiro atoms. The number of hydrogen-bond donors (Lipinski definition) is 2. The molecule has 9 heteroatoms. The third-order valence-electron chi connectivity index (χ3n) is 5.08. The maximum atomic E-state index is 12.8. The molecule has 0 saturated carbocycles. The normalized spacial score (nSPS) is 15.3. The number of nitrogens with one attached hydrogen (secondary N) is 1. The maximum Gasteiger partial charge on any atom is 0.341 e.